The Hall–Kier alpha value is -1.73. The standard InChI is InChI=1S/C11H10ClNO3/c1-2-16-10(14)5-7-3-8(6-13)11(15)9(12)4-7/h3-4,15H,2,5H2,1H3. The highest BCUT2D eigenvalue weighted by atomic mass is 35.5. The summed E-state index contributed by atoms with van der Waals surface area (Å²) in [6.07, 6.45) is 0.0303. The maximum absolute atomic E-state index is 11.2. The molecule has 0 aliphatic carbocycles. The second-order valence-corrected chi connectivity index (χ2v) is 3.47. The number of esters is 1. The van der Waals surface area contributed by atoms with E-state index in [0.29, 0.717) is 12.2 Å². The molecule has 5 heteroatoms. The number of rotatable bonds is 3. The first kappa shape index (κ1) is 12.3. The Labute approximate surface area is 98.0 Å². The molecule has 0 unspecified atom stereocenters. The molecule has 1 rings (SSSR count). The van der Waals surface area contributed by atoms with Crippen molar-refractivity contribution in [3.05, 3.63) is 28.3 Å². The van der Waals surface area contributed by atoms with Crippen LogP contribution in [0.1, 0.15) is 18.1 Å². The fourth-order valence-electron chi connectivity index (χ4n) is 1.22. The van der Waals surface area contributed by atoms with E-state index >= 15 is 0 Å². The number of hydrogen-bond acceptors (Lipinski definition) is 4. The molecular formula is C11H10ClNO3. The van der Waals surface area contributed by atoms with Gasteiger partial charge in [0, 0.05) is 0 Å². The zero-order valence-electron chi connectivity index (χ0n) is 8.66. The minimum atomic E-state index is -0.395. The van der Waals surface area contributed by atoms with Crippen LogP contribution in [0.15, 0.2) is 12.1 Å². The van der Waals surface area contributed by atoms with Crippen LogP contribution in [0, 0.1) is 11.3 Å². The van der Waals surface area contributed by atoms with Crippen LogP contribution in [0.2, 0.25) is 5.02 Å². The van der Waals surface area contributed by atoms with E-state index in [1.54, 1.807) is 13.0 Å². The van der Waals surface area contributed by atoms with Crippen LogP contribution >= 0.6 is 11.6 Å². The highest BCUT2D eigenvalue weighted by Crippen LogP contribution is 2.28. The number of benzene rings is 1. The van der Waals surface area contributed by atoms with E-state index in [9.17, 15) is 9.90 Å². The predicted molar refractivity (Wildman–Crippen MR) is 58.2 cm³/mol. The molecule has 4 nitrogen and oxygen atoms in total. The van der Waals surface area contributed by atoms with Crippen molar-refractivity contribution in [3.63, 3.8) is 0 Å². The van der Waals surface area contributed by atoms with Crippen LogP contribution in [0.4, 0.5) is 0 Å². The zero-order chi connectivity index (χ0) is 12.1. The summed E-state index contributed by atoms with van der Waals surface area (Å²) in [4.78, 5) is 11.2. The molecule has 0 saturated carbocycles. The largest absolute Gasteiger partial charge is 0.505 e. The van der Waals surface area contributed by atoms with Gasteiger partial charge in [-0.3, -0.25) is 4.79 Å². The van der Waals surface area contributed by atoms with Crippen LogP contribution in [0.25, 0.3) is 0 Å². The van der Waals surface area contributed by atoms with Crippen LogP contribution < -0.4 is 0 Å². The Morgan fingerprint density at radius 2 is 2.31 bits per heavy atom. The molecule has 0 fully saturated rings. The van der Waals surface area contributed by atoms with E-state index in [2.05, 4.69) is 0 Å². The quantitative estimate of drug-likeness (QED) is 0.820. The van der Waals surface area contributed by atoms with E-state index in [1.807, 2.05) is 0 Å². The summed E-state index contributed by atoms with van der Waals surface area (Å²) in [5.74, 6) is -0.662. The normalized spacial score (nSPS) is 9.56. The van der Waals surface area contributed by atoms with Crippen LogP contribution in [0.5, 0.6) is 5.75 Å². The van der Waals surface area contributed by atoms with Gasteiger partial charge in [-0.1, -0.05) is 11.6 Å². The maximum atomic E-state index is 11.2. The highest BCUT2D eigenvalue weighted by molar-refractivity contribution is 6.32. The number of hydrogen-bond donors (Lipinski definition) is 1. The molecule has 16 heavy (non-hydrogen) atoms. The predicted octanol–water partition coefficient (Wildman–Crippen LogP) is 2.02. The first-order chi connectivity index (χ1) is 7.58. The SMILES string of the molecule is CCOC(=O)Cc1cc(Cl)c(O)c(C#N)c1. The maximum Gasteiger partial charge on any atom is 0.310 e. The van der Waals surface area contributed by atoms with E-state index in [4.69, 9.17) is 21.6 Å². The third kappa shape index (κ3) is 2.88. The highest BCUT2D eigenvalue weighted by Gasteiger charge is 2.11. The van der Waals surface area contributed by atoms with E-state index in [1.165, 1.54) is 12.1 Å². The summed E-state index contributed by atoms with van der Waals surface area (Å²) in [7, 11) is 0. The molecule has 1 aromatic carbocycles. The molecule has 0 aliphatic heterocycles. The number of halogens is 1. The van der Waals surface area contributed by atoms with E-state index < -0.39 is 5.97 Å². The average Bonchev–Trinajstić information content (AvgIpc) is 2.23. The van der Waals surface area contributed by atoms with Gasteiger partial charge in [-0.2, -0.15) is 5.26 Å². The van der Waals surface area contributed by atoms with Gasteiger partial charge in [0.25, 0.3) is 0 Å². The van der Waals surface area contributed by atoms with Crippen LogP contribution in [-0.4, -0.2) is 17.7 Å². The molecule has 0 aliphatic rings. The first-order valence-corrected chi connectivity index (χ1v) is 5.03. The van der Waals surface area contributed by atoms with Crippen molar-refractivity contribution in [2.24, 2.45) is 0 Å². The smallest absolute Gasteiger partial charge is 0.310 e. The van der Waals surface area contributed by atoms with Crippen molar-refractivity contribution in [2.75, 3.05) is 6.61 Å². The van der Waals surface area contributed by atoms with Crippen LogP contribution in [0.3, 0.4) is 0 Å². The molecule has 0 amide bonds. The van der Waals surface area contributed by atoms with Gasteiger partial charge in [-0.05, 0) is 24.6 Å². The molecule has 0 bridgehead atoms. The monoisotopic (exact) mass is 239 g/mol. The lowest BCUT2D eigenvalue weighted by atomic mass is 10.1. The second-order valence-electron chi connectivity index (χ2n) is 3.07. The van der Waals surface area contributed by atoms with Gasteiger partial charge < -0.3 is 9.84 Å². The van der Waals surface area contributed by atoms with Gasteiger partial charge in [-0.25, -0.2) is 0 Å². The number of carbonyl (C=O) groups excluding carboxylic acids is 1. The summed E-state index contributed by atoms with van der Waals surface area (Å²) in [5, 5.41) is 18.2. The van der Waals surface area contributed by atoms with Gasteiger partial charge in [0.15, 0.2) is 5.75 Å². The van der Waals surface area contributed by atoms with Crippen molar-refractivity contribution in [2.45, 2.75) is 13.3 Å². The molecule has 0 heterocycles. The molecule has 0 aromatic heterocycles. The number of phenolic OH excluding ortho intramolecular Hbond substituents is 1. The fraction of sp³-hybridized carbons (Fsp3) is 0.273. The summed E-state index contributed by atoms with van der Waals surface area (Å²) in [5.41, 5.74) is 0.588. The third-order valence-corrected chi connectivity index (χ3v) is 2.19. The van der Waals surface area contributed by atoms with Crippen LogP contribution in [-0.2, 0) is 16.0 Å². The number of aromatic hydroxyl groups is 1. The second kappa shape index (κ2) is 5.38. The Kier molecular flexibility index (Phi) is 4.15. The molecular weight excluding hydrogens is 230 g/mol. The number of nitrogens with zero attached hydrogens (tertiary/aromatic N) is 1. The summed E-state index contributed by atoms with van der Waals surface area (Å²) in [6.45, 7) is 2.01. The Bertz CT molecular complexity index is 451. The van der Waals surface area contributed by atoms with E-state index in [0.717, 1.165) is 0 Å². The third-order valence-electron chi connectivity index (χ3n) is 1.90. The van der Waals surface area contributed by atoms with Gasteiger partial charge in [0.2, 0.25) is 0 Å². The van der Waals surface area contributed by atoms with Gasteiger partial charge in [0.1, 0.15) is 6.07 Å². The summed E-state index contributed by atoms with van der Waals surface area (Å²) < 4.78 is 4.76. The molecule has 0 spiro atoms. The lowest BCUT2D eigenvalue weighted by Gasteiger charge is -2.05. The Balaban J connectivity index is 2.95. The van der Waals surface area contributed by atoms with Crippen molar-refractivity contribution in [3.8, 4) is 11.8 Å². The average molecular weight is 240 g/mol. The van der Waals surface area contributed by atoms with Crippen molar-refractivity contribution in [1.82, 2.24) is 0 Å². The fourth-order valence-corrected chi connectivity index (χ4v) is 1.46. The molecule has 0 atom stereocenters. The number of ether oxygens (including phenoxy) is 1. The molecule has 0 radical (unpaired) electrons. The van der Waals surface area contributed by atoms with Crippen molar-refractivity contribution in [1.29, 1.82) is 5.26 Å². The molecule has 0 saturated heterocycles. The van der Waals surface area contributed by atoms with E-state index in [-0.39, 0.29) is 22.8 Å². The Morgan fingerprint density at radius 3 is 2.88 bits per heavy atom. The van der Waals surface area contributed by atoms with Gasteiger partial charge >= 0.3 is 5.97 Å². The Morgan fingerprint density at radius 1 is 1.62 bits per heavy atom. The minimum absolute atomic E-state index is 0.0303. The number of phenols is 1. The summed E-state index contributed by atoms with van der Waals surface area (Å²) >= 11 is 5.71. The minimum Gasteiger partial charge on any atom is -0.505 e. The molecule has 1 N–H and O–H groups in total. The lowest BCUT2D eigenvalue weighted by Crippen LogP contribution is -2.07. The lowest BCUT2D eigenvalue weighted by molar-refractivity contribution is -0.142. The van der Waals surface area contributed by atoms with Crippen molar-refractivity contribution >= 4 is 17.6 Å². The van der Waals surface area contributed by atoms with Gasteiger partial charge in [-0.15, -0.1) is 0 Å². The topological polar surface area (TPSA) is 70.3 Å². The zero-order valence-corrected chi connectivity index (χ0v) is 9.41. The van der Waals surface area contributed by atoms with Crippen molar-refractivity contribution < 1.29 is 14.6 Å². The number of nitriles is 1. The van der Waals surface area contributed by atoms with Gasteiger partial charge in [0.05, 0.1) is 23.6 Å². The number of carbonyl (C=O) groups is 1. The molecule has 84 valence electrons. The molecule has 1 aromatic rings. The summed E-state index contributed by atoms with van der Waals surface area (Å²) in [6, 6.07) is 4.65. The first-order valence-electron chi connectivity index (χ1n) is 4.65.